The first-order chi connectivity index (χ1) is 11.8. The molecule has 0 spiro atoms. The maximum atomic E-state index is 13.6. The van der Waals surface area contributed by atoms with Crippen LogP contribution in [0.4, 0.5) is 17.6 Å². The molecule has 8 heteroatoms. The predicted molar refractivity (Wildman–Crippen MR) is 81.5 cm³/mol. The van der Waals surface area contributed by atoms with Crippen molar-refractivity contribution in [3.05, 3.63) is 65.9 Å². The van der Waals surface area contributed by atoms with Gasteiger partial charge >= 0.3 is 6.18 Å². The molecule has 0 unspecified atom stereocenters. The summed E-state index contributed by atoms with van der Waals surface area (Å²) in [7, 11) is 0. The Labute approximate surface area is 140 Å². The van der Waals surface area contributed by atoms with Crippen LogP contribution in [0.2, 0.25) is 0 Å². The van der Waals surface area contributed by atoms with E-state index in [0.717, 1.165) is 6.07 Å². The first-order valence-electron chi connectivity index (χ1n) is 7.13. The molecule has 128 valence electrons. The van der Waals surface area contributed by atoms with Crippen LogP contribution in [0.1, 0.15) is 11.3 Å². The van der Waals surface area contributed by atoms with Crippen molar-refractivity contribution in [3.8, 4) is 23.0 Å². The fraction of sp³-hybridized carbons (Fsp3) is 0.118. The Morgan fingerprint density at radius 1 is 0.960 bits per heavy atom. The number of halogens is 4. The van der Waals surface area contributed by atoms with Gasteiger partial charge in [0.25, 0.3) is 0 Å². The zero-order chi connectivity index (χ0) is 18.0. The minimum absolute atomic E-state index is 0.0376. The van der Waals surface area contributed by atoms with E-state index >= 15 is 0 Å². The average Bonchev–Trinajstić information content (AvgIpc) is 2.58. The van der Waals surface area contributed by atoms with Gasteiger partial charge in [0.1, 0.15) is 11.6 Å². The number of ether oxygens (including phenoxy) is 1. The molecule has 2 aromatic heterocycles. The zero-order valence-corrected chi connectivity index (χ0v) is 12.9. The minimum Gasteiger partial charge on any atom is -0.439 e. The molecular formula is C17H11F4N3O. The maximum absolute atomic E-state index is 13.6. The topological polar surface area (TPSA) is 47.9 Å². The van der Waals surface area contributed by atoms with E-state index < -0.39 is 17.7 Å². The van der Waals surface area contributed by atoms with Gasteiger partial charge in [-0.25, -0.2) is 9.37 Å². The van der Waals surface area contributed by atoms with Crippen LogP contribution in [0.3, 0.4) is 0 Å². The summed E-state index contributed by atoms with van der Waals surface area (Å²) in [5.74, 6) is -0.996. The summed E-state index contributed by atoms with van der Waals surface area (Å²) in [6.45, 7) is 1.56. The third-order valence-electron chi connectivity index (χ3n) is 3.30. The van der Waals surface area contributed by atoms with Gasteiger partial charge in [-0.05, 0) is 30.7 Å². The smallest absolute Gasteiger partial charge is 0.433 e. The largest absolute Gasteiger partial charge is 0.439 e. The Hall–Kier alpha value is -3.03. The molecule has 0 aliphatic carbocycles. The molecule has 3 rings (SSSR count). The summed E-state index contributed by atoms with van der Waals surface area (Å²) in [4.78, 5) is 11.3. The molecule has 0 radical (unpaired) electrons. The van der Waals surface area contributed by atoms with Gasteiger partial charge in [-0.2, -0.15) is 18.2 Å². The number of benzene rings is 1. The number of rotatable bonds is 3. The van der Waals surface area contributed by atoms with Crippen LogP contribution >= 0.6 is 0 Å². The third-order valence-corrected chi connectivity index (χ3v) is 3.30. The highest BCUT2D eigenvalue weighted by molar-refractivity contribution is 5.54. The Morgan fingerprint density at radius 3 is 2.32 bits per heavy atom. The van der Waals surface area contributed by atoms with Crippen molar-refractivity contribution in [1.29, 1.82) is 0 Å². The Morgan fingerprint density at radius 2 is 1.68 bits per heavy atom. The number of aromatic nitrogens is 3. The van der Waals surface area contributed by atoms with E-state index in [1.54, 1.807) is 6.92 Å². The first kappa shape index (κ1) is 16.8. The van der Waals surface area contributed by atoms with Gasteiger partial charge in [0.2, 0.25) is 5.88 Å². The Kier molecular flexibility index (Phi) is 4.35. The Bertz CT molecular complexity index is 898. The van der Waals surface area contributed by atoms with Crippen molar-refractivity contribution < 1.29 is 22.3 Å². The molecule has 2 heterocycles. The van der Waals surface area contributed by atoms with Crippen molar-refractivity contribution in [2.24, 2.45) is 0 Å². The highest BCUT2D eigenvalue weighted by Gasteiger charge is 2.34. The van der Waals surface area contributed by atoms with E-state index in [4.69, 9.17) is 4.74 Å². The number of alkyl halides is 3. The monoisotopic (exact) mass is 349 g/mol. The quantitative estimate of drug-likeness (QED) is 0.638. The second-order valence-corrected chi connectivity index (χ2v) is 5.16. The van der Waals surface area contributed by atoms with Gasteiger partial charge in [-0.15, -0.1) is 0 Å². The predicted octanol–water partition coefficient (Wildman–Crippen LogP) is 4.80. The number of aryl methyl sites for hydroxylation is 1. The van der Waals surface area contributed by atoms with Crippen LogP contribution in [0, 0.1) is 12.7 Å². The van der Waals surface area contributed by atoms with Crippen molar-refractivity contribution in [2.75, 3.05) is 0 Å². The van der Waals surface area contributed by atoms with Crippen molar-refractivity contribution in [2.45, 2.75) is 13.1 Å². The van der Waals surface area contributed by atoms with Crippen LogP contribution in [0.5, 0.6) is 11.6 Å². The number of pyridine rings is 1. The van der Waals surface area contributed by atoms with Gasteiger partial charge in [0.15, 0.2) is 11.5 Å². The van der Waals surface area contributed by atoms with Gasteiger partial charge in [-0.1, -0.05) is 6.07 Å². The summed E-state index contributed by atoms with van der Waals surface area (Å²) in [6, 6.07) is 7.61. The van der Waals surface area contributed by atoms with Crippen molar-refractivity contribution in [3.63, 3.8) is 0 Å². The fourth-order valence-electron chi connectivity index (χ4n) is 2.01. The molecule has 0 saturated carbocycles. The van der Waals surface area contributed by atoms with E-state index in [0.29, 0.717) is 17.2 Å². The molecule has 25 heavy (non-hydrogen) atoms. The minimum atomic E-state index is -4.68. The summed E-state index contributed by atoms with van der Waals surface area (Å²) in [6.07, 6.45) is -1.86. The molecule has 0 saturated heterocycles. The summed E-state index contributed by atoms with van der Waals surface area (Å²) in [5.41, 5.74) is -0.415. The maximum Gasteiger partial charge on any atom is 0.433 e. The van der Waals surface area contributed by atoms with E-state index in [1.807, 2.05) is 0 Å². The highest BCUT2D eigenvalue weighted by atomic mass is 19.4. The summed E-state index contributed by atoms with van der Waals surface area (Å²) >= 11 is 0. The van der Waals surface area contributed by atoms with Crippen LogP contribution in [-0.2, 0) is 6.18 Å². The lowest BCUT2D eigenvalue weighted by Crippen LogP contribution is -2.10. The van der Waals surface area contributed by atoms with Crippen LogP contribution in [0.15, 0.2) is 48.8 Å². The van der Waals surface area contributed by atoms with Gasteiger partial charge < -0.3 is 4.74 Å². The van der Waals surface area contributed by atoms with Crippen molar-refractivity contribution in [1.82, 2.24) is 15.0 Å². The second kappa shape index (κ2) is 6.46. The molecule has 0 aliphatic rings. The first-order valence-corrected chi connectivity index (χ1v) is 7.13. The highest BCUT2D eigenvalue weighted by Crippen LogP contribution is 2.32. The SMILES string of the molecule is Cc1ccc(Oc2cc(C(F)(F)F)nc(-c3ccncc3)n2)cc1F. The number of hydrogen-bond donors (Lipinski definition) is 0. The number of nitrogens with zero attached hydrogens (tertiary/aromatic N) is 3. The summed E-state index contributed by atoms with van der Waals surface area (Å²) in [5, 5.41) is 0. The van der Waals surface area contributed by atoms with Crippen LogP contribution in [0.25, 0.3) is 11.4 Å². The van der Waals surface area contributed by atoms with E-state index in [2.05, 4.69) is 15.0 Å². The molecule has 3 aromatic rings. The van der Waals surface area contributed by atoms with Crippen LogP contribution in [-0.4, -0.2) is 15.0 Å². The third kappa shape index (κ3) is 3.90. The fourth-order valence-corrected chi connectivity index (χ4v) is 2.01. The van der Waals surface area contributed by atoms with Crippen molar-refractivity contribution >= 4 is 0 Å². The molecule has 0 aliphatic heterocycles. The van der Waals surface area contributed by atoms with Crippen LogP contribution < -0.4 is 4.74 Å². The lowest BCUT2D eigenvalue weighted by Gasteiger charge is -2.11. The molecule has 0 amide bonds. The molecule has 4 nitrogen and oxygen atoms in total. The van der Waals surface area contributed by atoms with Gasteiger partial charge in [0, 0.05) is 30.1 Å². The molecule has 0 bridgehead atoms. The average molecular weight is 349 g/mol. The van der Waals surface area contributed by atoms with E-state index in [-0.39, 0.29) is 17.5 Å². The second-order valence-electron chi connectivity index (χ2n) is 5.16. The molecule has 0 N–H and O–H groups in total. The lowest BCUT2D eigenvalue weighted by molar-refractivity contribution is -0.141. The Balaban J connectivity index is 2.04. The van der Waals surface area contributed by atoms with Gasteiger partial charge in [0.05, 0.1) is 0 Å². The molecular weight excluding hydrogens is 338 g/mol. The molecule has 0 atom stereocenters. The van der Waals surface area contributed by atoms with Gasteiger partial charge in [-0.3, -0.25) is 4.98 Å². The lowest BCUT2D eigenvalue weighted by atomic mass is 10.2. The normalized spacial score (nSPS) is 11.4. The summed E-state index contributed by atoms with van der Waals surface area (Å²) < 4.78 is 58.2. The zero-order valence-electron chi connectivity index (χ0n) is 12.9. The number of hydrogen-bond acceptors (Lipinski definition) is 4. The molecule has 1 aromatic carbocycles. The standard InChI is InChI=1S/C17H11F4N3O/c1-10-2-3-12(8-13(10)18)25-15-9-14(17(19,20)21)23-16(24-15)11-4-6-22-7-5-11/h2-9H,1H3. The van der Waals surface area contributed by atoms with E-state index in [9.17, 15) is 17.6 Å². The van der Waals surface area contributed by atoms with E-state index in [1.165, 1.54) is 36.7 Å². The molecule has 0 fully saturated rings.